The van der Waals surface area contributed by atoms with Crippen molar-refractivity contribution in [1.29, 1.82) is 0 Å². The Morgan fingerprint density at radius 3 is 2.40 bits per heavy atom. The third-order valence-corrected chi connectivity index (χ3v) is 4.48. The standard InChI is InChI=1S/C19H30N4O2/c1-15(2)14-22-10-5-11-23(13-12-22)19(25)20-17-6-8-18(9-7-17)21(4)16(3)24/h6-9,15H,5,10-14H2,1-4H3,(H,20,25). The van der Waals surface area contributed by atoms with E-state index in [1.807, 2.05) is 29.2 Å². The predicted molar refractivity (Wildman–Crippen MR) is 102 cm³/mol. The summed E-state index contributed by atoms with van der Waals surface area (Å²) in [6.45, 7) is 10.6. The van der Waals surface area contributed by atoms with Crippen LogP contribution in [0.4, 0.5) is 16.2 Å². The van der Waals surface area contributed by atoms with Crippen LogP contribution in [0.15, 0.2) is 24.3 Å². The highest BCUT2D eigenvalue weighted by Crippen LogP contribution is 2.17. The summed E-state index contributed by atoms with van der Waals surface area (Å²) in [7, 11) is 1.73. The highest BCUT2D eigenvalue weighted by molar-refractivity contribution is 5.92. The average molecular weight is 346 g/mol. The number of benzene rings is 1. The Labute approximate surface area is 150 Å². The summed E-state index contributed by atoms with van der Waals surface area (Å²) in [6, 6.07) is 7.28. The first-order valence-corrected chi connectivity index (χ1v) is 8.99. The van der Waals surface area contributed by atoms with Gasteiger partial charge in [0.15, 0.2) is 0 Å². The Balaban J connectivity index is 1.90. The monoisotopic (exact) mass is 346 g/mol. The van der Waals surface area contributed by atoms with Gasteiger partial charge in [-0.05, 0) is 43.1 Å². The van der Waals surface area contributed by atoms with Gasteiger partial charge in [0.05, 0.1) is 0 Å². The Hall–Kier alpha value is -2.08. The Kier molecular flexibility index (Phi) is 6.82. The van der Waals surface area contributed by atoms with Crippen LogP contribution < -0.4 is 10.2 Å². The van der Waals surface area contributed by atoms with E-state index in [2.05, 4.69) is 24.1 Å². The van der Waals surface area contributed by atoms with E-state index in [0.717, 1.165) is 50.5 Å². The van der Waals surface area contributed by atoms with Crippen LogP contribution in [-0.2, 0) is 4.79 Å². The molecule has 2 rings (SSSR count). The van der Waals surface area contributed by atoms with Gasteiger partial charge >= 0.3 is 6.03 Å². The molecule has 1 N–H and O–H groups in total. The third kappa shape index (κ3) is 5.74. The van der Waals surface area contributed by atoms with Crippen LogP contribution in [0.1, 0.15) is 27.2 Å². The quantitative estimate of drug-likeness (QED) is 0.912. The van der Waals surface area contributed by atoms with Gasteiger partial charge in [-0.15, -0.1) is 0 Å². The molecule has 6 nitrogen and oxygen atoms in total. The maximum absolute atomic E-state index is 12.5. The molecule has 0 saturated carbocycles. The number of amides is 3. The van der Waals surface area contributed by atoms with Crippen molar-refractivity contribution in [3.8, 4) is 0 Å². The fraction of sp³-hybridized carbons (Fsp3) is 0.579. The zero-order valence-corrected chi connectivity index (χ0v) is 15.8. The molecule has 1 aliphatic heterocycles. The summed E-state index contributed by atoms with van der Waals surface area (Å²) in [5.41, 5.74) is 1.55. The number of hydrogen-bond donors (Lipinski definition) is 1. The Morgan fingerprint density at radius 2 is 1.80 bits per heavy atom. The summed E-state index contributed by atoms with van der Waals surface area (Å²) in [6.07, 6.45) is 1.00. The SMILES string of the molecule is CC(=O)N(C)c1ccc(NC(=O)N2CCCN(CC(C)C)CC2)cc1. The molecule has 1 aromatic carbocycles. The lowest BCUT2D eigenvalue weighted by Crippen LogP contribution is -2.38. The van der Waals surface area contributed by atoms with Gasteiger partial charge in [0.2, 0.25) is 5.91 Å². The van der Waals surface area contributed by atoms with Crippen molar-refractivity contribution in [3.63, 3.8) is 0 Å². The maximum atomic E-state index is 12.5. The van der Waals surface area contributed by atoms with Gasteiger partial charge < -0.3 is 20.0 Å². The number of rotatable bonds is 4. The summed E-state index contributed by atoms with van der Waals surface area (Å²) in [5.74, 6) is 0.624. The topological polar surface area (TPSA) is 55.9 Å². The molecule has 1 heterocycles. The fourth-order valence-corrected chi connectivity index (χ4v) is 3.03. The number of nitrogens with one attached hydrogen (secondary N) is 1. The lowest BCUT2D eigenvalue weighted by molar-refractivity contribution is -0.116. The highest BCUT2D eigenvalue weighted by atomic mass is 16.2. The molecule has 1 aliphatic rings. The fourth-order valence-electron chi connectivity index (χ4n) is 3.03. The Morgan fingerprint density at radius 1 is 1.12 bits per heavy atom. The predicted octanol–water partition coefficient (Wildman–Crippen LogP) is 2.86. The van der Waals surface area contributed by atoms with Crippen molar-refractivity contribution in [2.75, 3.05) is 50.0 Å². The van der Waals surface area contributed by atoms with Crippen molar-refractivity contribution in [3.05, 3.63) is 24.3 Å². The second-order valence-electron chi connectivity index (χ2n) is 7.09. The lowest BCUT2D eigenvalue weighted by atomic mass is 10.2. The summed E-state index contributed by atoms with van der Waals surface area (Å²) < 4.78 is 0. The number of nitrogens with zero attached hydrogens (tertiary/aromatic N) is 3. The van der Waals surface area contributed by atoms with Crippen molar-refractivity contribution in [1.82, 2.24) is 9.80 Å². The van der Waals surface area contributed by atoms with Crippen LogP contribution in [-0.4, -0.2) is 61.5 Å². The molecule has 0 spiro atoms. The second-order valence-corrected chi connectivity index (χ2v) is 7.09. The maximum Gasteiger partial charge on any atom is 0.321 e. The zero-order valence-electron chi connectivity index (χ0n) is 15.8. The van der Waals surface area contributed by atoms with Crippen LogP contribution in [0.5, 0.6) is 0 Å². The first-order valence-electron chi connectivity index (χ1n) is 8.99. The zero-order chi connectivity index (χ0) is 18.4. The smallest absolute Gasteiger partial charge is 0.321 e. The molecule has 25 heavy (non-hydrogen) atoms. The van der Waals surface area contributed by atoms with E-state index in [4.69, 9.17) is 0 Å². The van der Waals surface area contributed by atoms with Crippen LogP contribution in [0.2, 0.25) is 0 Å². The van der Waals surface area contributed by atoms with Crippen LogP contribution in [0.3, 0.4) is 0 Å². The molecule has 0 aliphatic carbocycles. The molecule has 0 unspecified atom stereocenters. The number of anilines is 2. The molecule has 6 heteroatoms. The lowest BCUT2D eigenvalue weighted by Gasteiger charge is -2.23. The molecule has 0 atom stereocenters. The average Bonchev–Trinajstić information content (AvgIpc) is 2.80. The minimum absolute atomic E-state index is 0.0210. The van der Waals surface area contributed by atoms with Crippen LogP contribution >= 0.6 is 0 Å². The molecule has 0 aromatic heterocycles. The first-order chi connectivity index (χ1) is 11.9. The minimum Gasteiger partial charge on any atom is -0.323 e. The van der Waals surface area contributed by atoms with Crippen molar-refractivity contribution in [2.24, 2.45) is 5.92 Å². The van der Waals surface area contributed by atoms with Crippen molar-refractivity contribution >= 4 is 23.3 Å². The van der Waals surface area contributed by atoms with E-state index < -0.39 is 0 Å². The molecule has 0 bridgehead atoms. The van der Waals surface area contributed by atoms with Crippen molar-refractivity contribution < 1.29 is 9.59 Å². The van der Waals surface area contributed by atoms with Crippen molar-refractivity contribution in [2.45, 2.75) is 27.2 Å². The largest absolute Gasteiger partial charge is 0.323 e. The van der Waals surface area contributed by atoms with E-state index in [9.17, 15) is 9.59 Å². The van der Waals surface area contributed by atoms with E-state index >= 15 is 0 Å². The van der Waals surface area contributed by atoms with Gasteiger partial charge in [-0.2, -0.15) is 0 Å². The van der Waals surface area contributed by atoms with Gasteiger partial charge in [0, 0.05) is 51.5 Å². The molecule has 138 valence electrons. The Bertz CT molecular complexity index is 586. The summed E-state index contributed by atoms with van der Waals surface area (Å²) in [5, 5.41) is 2.96. The van der Waals surface area contributed by atoms with Crippen LogP contribution in [0.25, 0.3) is 0 Å². The van der Waals surface area contributed by atoms with Gasteiger partial charge in [0.25, 0.3) is 0 Å². The van der Waals surface area contributed by atoms with E-state index in [1.54, 1.807) is 11.9 Å². The highest BCUT2D eigenvalue weighted by Gasteiger charge is 2.19. The van der Waals surface area contributed by atoms with Crippen LogP contribution in [0, 0.1) is 5.92 Å². The molecular weight excluding hydrogens is 316 g/mol. The molecule has 1 aromatic rings. The van der Waals surface area contributed by atoms with Gasteiger partial charge in [-0.3, -0.25) is 4.79 Å². The van der Waals surface area contributed by atoms with Gasteiger partial charge in [-0.25, -0.2) is 4.79 Å². The molecule has 3 amide bonds. The molecule has 1 fully saturated rings. The molecule has 0 radical (unpaired) electrons. The summed E-state index contributed by atoms with van der Waals surface area (Å²) >= 11 is 0. The van der Waals surface area contributed by atoms with Gasteiger partial charge in [-0.1, -0.05) is 13.8 Å². The second kappa shape index (κ2) is 8.85. The van der Waals surface area contributed by atoms with E-state index in [1.165, 1.54) is 6.92 Å². The van der Waals surface area contributed by atoms with E-state index in [0.29, 0.717) is 5.92 Å². The minimum atomic E-state index is -0.0564. The summed E-state index contributed by atoms with van der Waals surface area (Å²) in [4.78, 5) is 29.8. The van der Waals surface area contributed by atoms with E-state index in [-0.39, 0.29) is 11.9 Å². The molecule has 1 saturated heterocycles. The number of carbonyl (C=O) groups is 2. The number of hydrogen-bond acceptors (Lipinski definition) is 3. The number of carbonyl (C=O) groups excluding carboxylic acids is 2. The number of urea groups is 1. The first kappa shape index (κ1) is 19.2. The molecular formula is C19H30N4O2. The third-order valence-electron chi connectivity index (χ3n) is 4.48. The normalized spacial score (nSPS) is 15.8. The van der Waals surface area contributed by atoms with Gasteiger partial charge in [0.1, 0.15) is 0 Å².